The summed E-state index contributed by atoms with van der Waals surface area (Å²) >= 11 is 0. The zero-order chi connectivity index (χ0) is 21.2. The first-order valence-corrected chi connectivity index (χ1v) is 9.53. The molecule has 0 fully saturated rings. The van der Waals surface area contributed by atoms with Crippen molar-refractivity contribution < 1.29 is 46.8 Å². The minimum Gasteiger partial charge on any atom is -0.549 e. The van der Waals surface area contributed by atoms with Crippen molar-refractivity contribution in [3.8, 4) is 0 Å². The van der Waals surface area contributed by atoms with Crippen LogP contribution in [0.1, 0.15) is 24.2 Å². The minimum atomic E-state index is -1.20. The van der Waals surface area contributed by atoms with Gasteiger partial charge in [0.05, 0.1) is 29.3 Å². The Kier molecular flexibility index (Phi) is 11.5. The van der Waals surface area contributed by atoms with E-state index in [-0.39, 0.29) is 36.7 Å². The third-order valence-electron chi connectivity index (χ3n) is 4.59. The van der Waals surface area contributed by atoms with Crippen molar-refractivity contribution in [1.29, 1.82) is 0 Å². The molecule has 0 saturated carbocycles. The van der Waals surface area contributed by atoms with Gasteiger partial charge in [0.2, 0.25) is 0 Å². The summed E-state index contributed by atoms with van der Waals surface area (Å²) in [7, 11) is 0. The number of hydrogen-bond donors (Lipinski definition) is 0. The molecule has 0 amide bonds. The van der Waals surface area contributed by atoms with Gasteiger partial charge in [0.1, 0.15) is 0 Å². The maximum Gasteiger partial charge on any atom is 3.00 e. The predicted molar refractivity (Wildman–Crippen MR) is 95.5 cm³/mol. The molecule has 0 N–H and O–H groups in total. The van der Waals surface area contributed by atoms with Gasteiger partial charge in [0.25, 0.3) is 0 Å². The number of carbonyl (C=O) groups is 3. The monoisotopic (exact) mass is 461 g/mol. The first-order chi connectivity index (χ1) is 13.8. The molecule has 10 nitrogen and oxygen atoms in total. The van der Waals surface area contributed by atoms with Crippen LogP contribution in [-0.4, -0.2) is 83.4 Å². The van der Waals surface area contributed by atoms with Gasteiger partial charge in [-0.3, -0.25) is 19.7 Å². The van der Waals surface area contributed by atoms with Crippen LogP contribution in [0, 0.1) is 0 Å². The van der Waals surface area contributed by atoms with E-state index in [0.717, 1.165) is 0 Å². The number of carbonyl (C=O) groups excluding carboxylic acids is 3. The van der Waals surface area contributed by atoms with Crippen LogP contribution in [0.15, 0.2) is 18.2 Å². The third-order valence-corrected chi connectivity index (χ3v) is 4.59. The van der Waals surface area contributed by atoms with E-state index in [2.05, 4.69) is 4.98 Å². The maximum absolute atomic E-state index is 11.1. The molecule has 0 atom stereocenters. The van der Waals surface area contributed by atoms with E-state index in [9.17, 15) is 29.7 Å². The summed E-state index contributed by atoms with van der Waals surface area (Å²) in [6.45, 7) is 1.62. The fourth-order valence-corrected chi connectivity index (χ4v) is 3.45. The molecule has 0 aliphatic carbocycles. The molecule has 0 aromatic carbocycles. The summed E-state index contributed by atoms with van der Waals surface area (Å²) in [6, 6.07) is 5.37. The largest absolute Gasteiger partial charge is 3.00 e. The van der Waals surface area contributed by atoms with Crippen LogP contribution in [0.25, 0.3) is 0 Å². The molecule has 1 radical (unpaired) electrons. The molecule has 1 aromatic heterocycles. The summed E-state index contributed by atoms with van der Waals surface area (Å²) in [6.07, 6.45) is 1.12. The van der Waals surface area contributed by atoms with Crippen LogP contribution in [0.2, 0.25) is 0 Å². The summed E-state index contributed by atoms with van der Waals surface area (Å²) in [5, 5.41) is 33.2. The number of aliphatic carboxylic acids is 3. The van der Waals surface area contributed by atoms with Gasteiger partial charge >= 0.3 is 17.1 Å². The van der Waals surface area contributed by atoms with Crippen LogP contribution >= 0.6 is 0 Å². The Morgan fingerprint density at radius 2 is 1.10 bits per heavy atom. The number of rotatable bonds is 6. The number of hydrogen-bond acceptors (Lipinski definition) is 10. The Bertz CT molecular complexity index is 673. The standard InChI is InChI=1S/C19H28N4O6.Fe/c24-17(25)12-21-6-2-8-22(13-18(26)27)10-15-4-1-5-16(20-15)11-23(9-3-7-21)14-19(28)29;/h1,4-5H,2-3,6-14H2,(H,24,25)(H,26,27)(H,28,29);/q;+3/p-3. The Hall–Kier alpha value is -2.04. The SMILES string of the molecule is O=C([O-])CN1CCCN(CC(=O)[O-])Cc2cccc(n2)CN(CC(=O)[O-])CCC1.[Fe+3]. The first-order valence-electron chi connectivity index (χ1n) is 9.53. The van der Waals surface area contributed by atoms with Crippen molar-refractivity contribution in [3.63, 3.8) is 0 Å². The van der Waals surface area contributed by atoms with Crippen molar-refractivity contribution >= 4 is 17.9 Å². The van der Waals surface area contributed by atoms with E-state index in [0.29, 0.717) is 63.5 Å². The minimum absolute atomic E-state index is 0. The van der Waals surface area contributed by atoms with Crippen LogP contribution in [-0.2, 0) is 44.5 Å². The van der Waals surface area contributed by atoms with E-state index in [1.807, 2.05) is 0 Å². The Balaban J connectivity index is 0.00000450. The van der Waals surface area contributed by atoms with Gasteiger partial charge in [-0.2, -0.15) is 0 Å². The van der Waals surface area contributed by atoms with E-state index >= 15 is 0 Å². The third kappa shape index (κ3) is 10.1. The van der Waals surface area contributed by atoms with Crippen molar-refractivity contribution in [3.05, 3.63) is 29.6 Å². The fraction of sp³-hybridized carbons (Fsp3) is 0.579. The first kappa shape index (κ1) is 26.0. The summed E-state index contributed by atoms with van der Waals surface area (Å²) in [5.41, 5.74) is 1.33. The van der Waals surface area contributed by atoms with Crippen molar-refractivity contribution in [1.82, 2.24) is 19.7 Å². The molecule has 0 unspecified atom stereocenters. The molecule has 11 heteroatoms. The summed E-state index contributed by atoms with van der Waals surface area (Å²) < 4.78 is 0. The van der Waals surface area contributed by atoms with Gasteiger partial charge < -0.3 is 29.7 Å². The summed E-state index contributed by atoms with van der Waals surface area (Å²) in [4.78, 5) is 42.8. The van der Waals surface area contributed by atoms with Crippen molar-refractivity contribution in [2.24, 2.45) is 0 Å². The second kappa shape index (κ2) is 13.3. The normalized spacial score (nSPS) is 17.5. The van der Waals surface area contributed by atoms with Gasteiger partial charge in [-0.1, -0.05) is 6.07 Å². The van der Waals surface area contributed by atoms with Crippen LogP contribution in [0.3, 0.4) is 0 Å². The molecule has 0 saturated heterocycles. The van der Waals surface area contributed by atoms with Gasteiger partial charge in [-0.15, -0.1) is 0 Å². The number of nitrogens with zero attached hydrogens (tertiary/aromatic N) is 4. The Morgan fingerprint density at radius 1 is 0.733 bits per heavy atom. The van der Waals surface area contributed by atoms with Crippen molar-refractivity contribution in [2.75, 3.05) is 45.8 Å². The Labute approximate surface area is 185 Å². The number of pyridine rings is 1. The number of fused-ring (bicyclic) bond motifs is 2. The predicted octanol–water partition coefficient (Wildman–Crippen LogP) is -3.97. The smallest absolute Gasteiger partial charge is 0.549 e. The molecule has 1 aliphatic heterocycles. The molecule has 2 bridgehead atoms. The quantitative estimate of drug-likeness (QED) is 0.385. The molecular weight excluding hydrogens is 436 g/mol. The molecule has 30 heavy (non-hydrogen) atoms. The average molecular weight is 461 g/mol. The van der Waals surface area contributed by atoms with E-state index < -0.39 is 17.9 Å². The molecule has 2 heterocycles. The van der Waals surface area contributed by atoms with E-state index in [1.165, 1.54) is 0 Å². The zero-order valence-corrected chi connectivity index (χ0v) is 17.7. The van der Waals surface area contributed by atoms with Gasteiger partial charge in [-0.25, -0.2) is 0 Å². The zero-order valence-electron chi connectivity index (χ0n) is 16.6. The maximum atomic E-state index is 11.1. The van der Waals surface area contributed by atoms with Crippen LogP contribution in [0.4, 0.5) is 0 Å². The second-order valence-electron chi connectivity index (χ2n) is 7.14. The number of carboxylic acids is 3. The second-order valence-corrected chi connectivity index (χ2v) is 7.14. The molecule has 1 aromatic rings. The number of aromatic nitrogens is 1. The van der Waals surface area contributed by atoms with E-state index in [4.69, 9.17) is 0 Å². The average Bonchev–Trinajstić information content (AvgIpc) is 2.59. The van der Waals surface area contributed by atoms with Gasteiger partial charge in [0, 0.05) is 45.8 Å². The molecule has 1 aliphatic rings. The topological polar surface area (TPSA) is 143 Å². The van der Waals surface area contributed by atoms with Gasteiger partial charge in [-0.05, 0) is 38.1 Å². The number of carboxylic acid groups (broad SMARTS) is 3. The molecular formula is C19H25FeN4O6. The van der Waals surface area contributed by atoms with Crippen LogP contribution < -0.4 is 15.3 Å². The molecule has 2 rings (SSSR count). The fourth-order valence-electron chi connectivity index (χ4n) is 3.45. The van der Waals surface area contributed by atoms with Gasteiger partial charge in [0.15, 0.2) is 0 Å². The molecule has 0 spiro atoms. The van der Waals surface area contributed by atoms with Crippen LogP contribution in [0.5, 0.6) is 0 Å². The van der Waals surface area contributed by atoms with E-state index in [1.54, 1.807) is 32.9 Å². The molecule has 165 valence electrons. The summed E-state index contributed by atoms with van der Waals surface area (Å²) in [5.74, 6) is -3.59. The Morgan fingerprint density at radius 3 is 1.50 bits per heavy atom. The van der Waals surface area contributed by atoms with Crippen molar-refractivity contribution in [2.45, 2.75) is 25.9 Å².